The third-order valence-corrected chi connectivity index (χ3v) is 6.47. The van der Waals surface area contributed by atoms with Gasteiger partial charge >= 0.3 is 12.4 Å². The predicted octanol–water partition coefficient (Wildman–Crippen LogP) is 2.26. The molecule has 2 aromatic rings. The second kappa shape index (κ2) is 9.67. The fraction of sp³-hybridized carbons (Fsp3) is 0.571. The average molecular weight is 519 g/mol. The normalized spacial score (nSPS) is 18.6. The van der Waals surface area contributed by atoms with Gasteiger partial charge in [0.25, 0.3) is 5.56 Å². The number of hydrogen-bond acceptors (Lipinski definition) is 7. The Bertz CT molecular complexity index is 1160. The number of carbonyl (C=O) groups is 1. The van der Waals surface area contributed by atoms with Crippen molar-refractivity contribution in [2.45, 2.75) is 37.7 Å². The quantitative estimate of drug-likeness (QED) is 0.606. The maximum atomic E-state index is 13.3. The molecule has 1 aliphatic heterocycles. The lowest BCUT2D eigenvalue weighted by Crippen LogP contribution is -2.49. The summed E-state index contributed by atoms with van der Waals surface area (Å²) in [6.07, 6.45) is -7.33. The van der Waals surface area contributed by atoms with Crippen LogP contribution in [0, 0.1) is 0 Å². The molecule has 9 nitrogen and oxygen atoms in total. The fourth-order valence-corrected chi connectivity index (χ4v) is 4.55. The van der Waals surface area contributed by atoms with E-state index in [9.17, 15) is 35.9 Å². The fourth-order valence-electron chi connectivity index (χ4n) is 4.55. The number of nitrogens with one attached hydrogen (secondary N) is 1. The number of H-pyrrole nitrogens is 1. The Balaban J connectivity index is 1.30. The first kappa shape index (κ1) is 25.9. The van der Waals surface area contributed by atoms with E-state index in [1.54, 1.807) is 21.7 Å². The van der Waals surface area contributed by atoms with Gasteiger partial charge in [0.2, 0.25) is 11.9 Å². The first-order valence-corrected chi connectivity index (χ1v) is 11.2. The van der Waals surface area contributed by atoms with E-state index in [2.05, 4.69) is 15.1 Å². The van der Waals surface area contributed by atoms with Gasteiger partial charge in [-0.15, -0.1) is 0 Å². The molecule has 15 heteroatoms. The Kier molecular flexibility index (Phi) is 6.94. The van der Waals surface area contributed by atoms with Gasteiger partial charge in [-0.3, -0.25) is 14.5 Å². The van der Waals surface area contributed by atoms with Crippen LogP contribution >= 0.6 is 0 Å². The third-order valence-electron chi connectivity index (χ3n) is 6.47. The average Bonchev–Trinajstić information content (AvgIpc) is 3.25. The van der Waals surface area contributed by atoms with E-state index in [0.717, 1.165) is 12.4 Å². The van der Waals surface area contributed by atoms with Crippen molar-refractivity contribution in [3.63, 3.8) is 0 Å². The molecule has 0 radical (unpaired) electrons. The van der Waals surface area contributed by atoms with Crippen molar-refractivity contribution < 1.29 is 31.1 Å². The van der Waals surface area contributed by atoms with Gasteiger partial charge in [0.1, 0.15) is 5.56 Å². The number of hydrogen-bond donors (Lipinski definition) is 1. The van der Waals surface area contributed by atoms with E-state index in [4.69, 9.17) is 0 Å². The van der Waals surface area contributed by atoms with Crippen LogP contribution in [0.4, 0.5) is 32.3 Å². The number of alkyl halides is 6. The number of rotatable bonds is 5. The van der Waals surface area contributed by atoms with E-state index in [-0.39, 0.29) is 42.5 Å². The number of anilines is 1. The molecule has 1 saturated heterocycles. The zero-order valence-electron chi connectivity index (χ0n) is 19.2. The predicted molar refractivity (Wildman–Crippen MR) is 114 cm³/mol. The summed E-state index contributed by atoms with van der Waals surface area (Å²) in [5, 5.41) is 5.79. The first-order valence-electron chi connectivity index (χ1n) is 11.2. The van der Waals surface area contributed by atoms with E-state index in [1.807, 2.05) is 5.10 Å². The molecule has 2 aliphatic rings. The Labute approximate surface area is 201 Å². The van der Waals surface area contributed by atoms with Crippen molar-refractivity contribution in [2.75, 3.05) is 44.7 Å². The van der Waals surface area contributed by atoms with Crippen molar-refractivity contribution in [1.82, 2.24) is 30.0 Å². The highest BCUT2D eigenvalue weighted by Crippen LogP contribution is 2.39. The van der Waals surface area contributed by atoms with Crippen LogP contribution in [0.3, 0.4) is 0 Å². The minimum atomic E-state index is -4.78. The van der Waals surface area contributed by atoms with Crippen LogP contribution in [0.25, 0.3) is 0 Å². The molecule has 1 amide bonds. The lowest BCUT2D eigenvalue weighted by molar-refractivity contribution is -0.139. The van der Waals surface area contributed by atoms with Crippen molar-refractivity contribution in [3.05, 3.63) is 45.1 Å². The number of carbonyl (C=O) groups excluding carboxylic acids is 1. The van der Waals surface area contributed by atoms with Gasteiger partial charge in [0, 0.05) is 51.5 Å². The molecular weight excluding hydrogens is 496 g/mol. The standard InChI is InChI=1S/C21H23F6N7O2/c1-32(14-3-2-13-16(21(25,26)27)18(36)31-30-17(13)14)5-4-15(35)33-6-8-34(9-7-33)19-28-10-12(11-29-19)20(22,23)24/h10-11,14H,2-9H2,1H3,(H,31,36). The number of amides is 1. The molecule has 1 unspecified atom stereocenters. The van der Waals surface area contributed by atoms with E-state index in [0.29, 0.717) is 32.6 Å². The number of aromatic amines is 1. The van der Waals surface area contributed by atoms with E-state index in [1.165, 1.54) is 0 Å². The Morgan fingerprint density at radius 1 is 1.08 bits per heavy atom. The minimum absolute atomic E-state index is 0.0675. The highest BCUT2D eigenvalue weighted by molar-refractivity contribution is 5.76. The van der Waals surface area contributed by atoms with Gasteiger partial charge < -0.3 is 9.80 Å². The SMILES string of the molecule is CN(CCC(=O)N1CCN(c2ncc(C(F)(F)F)cn2)CC1)C1CCc2c1n[nH]c(=O)c2C(F)(F)F. The molecule has 3 heterocycles. The summed E-state index contributed by atoms with van der Waals surface area (Å²) in [7, 11) is 1.69. The summed E-state index contributed by atoms with van der Waals surface area (Å²) in [5.41, 5.74) is -3.35. The maximum absolute atomic E-state index is 13.3. The second-order valence-electron chi connectivity index (χ2n) is 8.71. The van der Waals surface area contributed by atoms with Crippen LogP contribution < -0.4 is 10.5 Å². The van der Waals surface area contributed by atoms with Gasteiger partial charge in [-0.1, -0.05) is 0 Å². The lowest BCUT2D eigenvalue weighted by Gasteiger charge is -2.35. The summed E-state index contributed by atoms with van der Waals surface area (Å²) in [6.45, 7) is 1.63. The maximum Gasteiger partial charge on any atom is 0.422 e. The van der Waals surface area contributed by atoms with Crippen LogP contribution in [0.2, 0.25) is 0 Å². The van der Waals surface area contributed by atoms with Gasteiger partial charge in [0.05, 0.1) is 17.3 Å². The number of nitrogens with zero attached hydrogens (tertiary/aromatic N) is 6. The molecular formula is C21H23F6N7O2. The Hall–Kier alpha value is -3.23. The molecule has 4 rings (SSSR count). The summed E-state index contributed by atoms with van der Waals surface area (Å²) in [4.78, 5) is 37.0. The Morgan fingerprint density at radius 2 is 1.72 bits per heavy atom. The van der Waals surface area contributed by atoms with Crippen molar-refractivity contribution in [1.29, 1.82) is 0 Å². The molecule has 1 atom stereocenters. The molecule has 0 spiro atoms. The zero-order chi connectivity index (χ0) is 26.3. The van der Waals surface area contributed by atoms with Crippen molar-refractivity contribution >= 4 is 11.9 Å². The minimum Gasteiger partial charge on any atom is -0.339 e. The Morgan fingerprint density at radius 3 is 2.31 bits per heavy atom. The van der Waals surface area contributed by atoms with Crippen LogP contribution in [0.1, 0.15) is 41.3 Å². The largest absolute Gasteiger partial charge is 0.422 e. The topological polar surface area (TPSA) is 98.3 Å². The van der Waals surface area contributed by atoms with Gasteiger partial charge in [-0.25, -0.2) is 15.1 Å². The molecule has 196 valence electrons. The van der Waals surface area contributed by atoms with Gasteiger partial charge in [-0.2, -0.15) is 31.4 Å². The number of aromatic nitrogens is 4. The molecule has 0 aromatic carbocycles. The number of halogens is 6. The van der Waals surface area contributed by atoms with Gasteiger partial charge in [-0.05, 0) is 25.5 Å². The molecule has 1 fully saturated rings. The van der Waals surface area contributed by atoms with Crippen LogP contribution in [0.15, 0.2) is 17.2 Å². The highest BCUT2D eigenvalue weighted by atomic mass is 19.4. The van der Waals surface area contributed by atoms with Crippen molar-refractivity contribution in [2.24, 2.45) is 0 Å². The van der Waals surface area contributed by atoms with E-state index >= 15 is 0 Å². The van der Waals surface area contributed by atoms with Crippen LogP contribution in [0.5, 0.6) is 0 Å². The summed E-state index contributed by atoms with van der Waals surface area (Å²) in [6, 6.07) is -0.459. The smallest absolute Gasteiger partial charge is 0.339 e. The molecule has 1 aliphatic carbocycles. The third kappa shape index (κ3) is 5.29. The summed E-state index contributed by atoms with van der Waals surface area (Å²) in [5.74, 6) is -0.00281. The molecule has 2 aromatic heterocycles. The lowest BCUT2D eigenvalue weighted by atomic mass is 10.1. The number of piperazine rings is 1. The summed E-state index contributed by atoms with van der Waals surface area (Å²) < 4.78 is 78.0. The number of fused-ring (bicyclic) bond motifs is 1. The first-order chi connectivity index (χ1) is 16.9. The molecule has 36 heavy (non-hydrogen) atoms. The monoisotopic (exact) mass is 519 g/mol. The summed E-state index contributed by atoms with van der Waals surface area (Å²) >= 11 is 0. The zero-order valence-corrected chi connectivity index (χ0v) is 19.2. The van der Waals surface area contributed by atoms with E-state index < -0.39 is 35.1 Å². The van der Waals surface area contributed by atoms with Crippen molar-refractivity contribution in [3.8, 4) is 0 Å². The highest BCUT2D eigenvalue weighted by Gasteiger charge is 2.42. The molecule has 0 bridgehead atoms. The van der Waals surface area contributed by atoms with Crippen LogP contribution in [-0.2, 0) is 23.6 Å². The molecule has 0 saturated carbocycles. The van der Waals surface area contributed by atoms with Gasteiger partial charge in [0.15, 0.2) is 0 Å². The van der Waals surface area contributed by atoms with Crippen LogP contribution in [-0.4, -0.2) is 75.6 Å². The second-order valence-corrected chi connectivity index (χ2v) is 8.71. The molecule has 1 N–H and O–H groups in total.